The zero-order valence-corrected chi connectivity index (χ0v) is 12.9. The minimum Gasteiger partial charge on any atom is -0.382 e. The highest BCUT2D eigenvalue weighted by molar-refractivity contribution is 5.52. The van der Waals surface area contributed by atoms with Gasteiger partial charge in [-0.15, -0.1) is 0 Å². The van der Waals surface area contributed by atoms with Gasteiger partial charge in [0.1, 0.15) is 0 Å². The fraction of sp³-hybridized carbons (Fsp3) is 0.647. The first-order chi connectivity index (χ1) is 9.04. The molecule has 2 nitrogen and oxygen atoms in total. The molecule has 0 spiro atoms. The lowest BCUT2D eigenvalue weighted by Gasteiger charge is -2.34. The number of rotatable bonds is 4. The van der Waals surface area contributed by atoms with E-state index in [0.29, 0.717) is 6.04 Å². The summed E-state index contributed by atoms with van der Waals surface area (Å²) in [4.78, 5) is 2.60. The number of benzene rings is 1. The van der Waals surface area contributed by atoms with Gasteiger partial charge in [-0.05, 0) is 44.2 Å². The Kier molecular flexibility index (Phi) is 4.87. The second-order valence-electron chi connectivity index (χ2n) is 6.43. The minimum atomic E-state index is 0.643. The number of nitrogens with zero attached hydrogens (tertiary/aromatic N) is 1. The molecule has 0 aliphatic carbocycles. The Morgan fingerprint density at radius 1 is 1.21 bits per heavy atom. The highest BCUT2D eigenvalue weighted by atomic mass is 15.1. The molecule has 1 aromatic rings. The van der Waals surface area contributed by atoms with Gasteiger partial charge in [0.05, 0.1) is 0 Å². The predicted molar refractivity (Wildman–Crippen MR) is 83.8 cm³/mol. The van der Waals surface area contributed by atoms with Crippen molar-refractivity contribution in [3.63, 3.8) is 0 Å². The minimum absolute atomic E-state index is 0.643. The van der Waals surface area contributed by atoms with Crippen molar-refractivity contribution in [3.05, 3.63) is 29.3 Å². The summed E-state index contributed by atoms with van der Waals surface area (Å²) >= 11 is 0. The Balaban J connectivity index is 1.85. The Morgan fingerprint density at radius 3 is 2.47 bits per heavy atom. The summed E-state index contributed by atoms with van der Waals surface area (Å²) in [6.45, 7) is 12.7. The van der Waals surface area contributed by atoms with Crippen LogP contribution in [0, 0.1) is 19.8 Å². The van der Waals surface area contributed by atoms with E-state index in [4.69, 9.17) is 0 Å². The molecule has 106 valence electrons. The molecule has 2 rings (SSSR count). The Labute approximate surface area is 118 Å². The molecule has 2 heteroatoms. The highest BCUT2D eigenvalue weighted by Crippen LogP contribution is 2.21. The molecule has 1 aliphatic rings. The number of hydrogen-bond acceptors (Lipinski definition) is 2. The number of nitrogens with one attached hydrogen (secondary N) is 1. The second kappa shape index (κ2) is 6.42. The first-order valence-electron chi connectivity index (χ1n) is 7.60. The summed E-state index contributed by atoms with van der Waals surface area (Å²) < 4.78 is 0. The third-order valence-corrected chi connectivity index (χ3v) is 3.95. The summed E-state index contributed by atoms with van der Waals surface area (Å²) in [7, 11) is 0. The summed E-state index contributed by atoms with van der Waals surface area (Å²) in [6.07, 6.45) is 2.53. The molecule has 0 bridgehead atoms. The Hall–Kier alpha value is -1.02. The molecule has 1 heterocycles. The van der Waals surface area contributed by atoms with E-state index < -0.39 is 0 Å². The van der Waals surface area contributed by atoms with E-state index in [0.717, 1.165) is 5.92 Å². The van der Waals surface area contributed by atoms with Crippen LogP contribution in [0.3, 0.4) is 0 Å². The highest BCUT2D eigenvalue weighted by Gasteiger charge is 2.19. The van der Waals surface area contributed by atoms with Crippen molar-refractivity contribution in [1.82, 2.24) is 4.90 Å². The number of piperidine rings is 1. The fourth-order valence-electron chi connectivity index (χ4n) is 2.97. The fourth-order valence-corrected chi connectivity index (χ4v) is 2.97. The van der Waals surface area contributed by atoms with Crippen LogP contribution in [0.4, 0.5) is 5.69 Å². The van der Waals surface area contributed by atoms with Gasteiger partial charge in [-0.25, -0.2) is 0 Å². The molecule has 1 saturated heterocycles. The SMILES string of the molecule is Cc1ccc(NC2CCN(CC(C)C)CC2)c(C)c1. The van der Waals surface area contributed by atoms with Gasteiger partial charge in [-0.3, -0.25) is 0 Å². The number of hydrogen-bond donors (Lipinski definition) is 1. The lowest BCUT2D eigenvalue weighted by molar-refractivity contribution is 0.198. The third-order valence-electron chi connectivity index (χ3n) is 3.95. The van der Waals surface area contributed by atoms with Gasteiger partial charge >= 0.3 is 0 Å². The quantitative estimate of drug-likeness (QED) is 0.885. The van der Waals surface area contributed by atoms with Crippen molar-refractivity contribution in [2.75, 3.05) is 25.0 Å². The van der Waals surface area contributed by atoms with Crippen LogP contribution in [0.1, 0.15) is 37.8 Å². The van der Waals surface area contributed by atoms with Gasteiger partial charge in [-0.2, -0.15) is 0 Å². The van der Waals surface area contributed by atoms with Gasteiger partial charge in [0.15, 0.2) is 0 Å². The molecule has 1 fully saturated rings. The van der Waals surface area contributed by atoms with Crippen molar-refractivity contribution in [2.24, 2.45) is 5.92 Å². The first-order valence-corrected chi connectivity index (χ1v) is 7.60. The molecule has 1 aliphatic heterocycles. The zero-order chi connectivity index (χ0) is 13.8. The first kappa shape index (κ1) is 14.4. The third kappa shape index (κ3) is 4.24. The maximum absolute atomic E-state index is 3.72. The molecule has 0 saturated carbocycles. The van der Waals surface area contributed by atoms with Crippen LogP contribution in [0.2, 0.25) is 0 Å². The number of aryl methyl sites for hydroxylation is 2. The average Bonchev–Trinajstić information content (AvgIpc) is 2.34. The van der Waals surface area contributed by atoms with Crippen molar-refractivity contribution in [1.29, 1.82) is 0 Å². The molecular formula is C17H28N2. The van der Waals surface area contributed by atoms with Gasteiger partial charge in [0, 0.05) is 31.4 Å². The van der Waals surface area contributed by atoms with E-state index in [2.05, 4.69) is 56.1 Å². The van der Waals surface area contributed by atoms with Crippen LogP contribution in [0.15, 0.2) is 18.2 Å². The topological polar surface area (TPSA) is 15.3 Å². The summed E-state index contributed by atoms with van der Waals surface area (Å²) in [6, 6.07) is 7.33. The van der Waals surface area contributed by atoms with Crippen LogP contribution in [0.5, 0.6) is 0 Å². The normalized spacial score (nSPS) is 17.9. The number of likely N-dealkylation sites (tertiary alicyclic amines) is 1. The zero-order valence-electron chi connectivity index (χ0n) is 12.9. The van der Waals surface area contributed by atoms with Crippen molar-refractivity contribution in [3.8, 4) is 0 Å². The molecule has 0 atom stereocenters. The monoisotopic (exact) mass is 260 g/mol. The smallest absolute Gasteiger partial charge is 0.0372 e. The van der Waals surface area contributed by atoms with Gasteiger partial charge in [-0.1, -0.05) is 31.5 Å². The van der Waals surface area contributed by atoms with Gasteiger partial charge in [0.2, 0.25) is 0 Å². The maximum Gasteiger partial charge on any atom is 0.0372 e. The van der Waals surface area contributed by atoms with Crippen LogP contribution >= 0.6 is 0 Å². The maximum atomic E-state index is 3.72. The van der Waals surface area contributed by atoms with E-state index in [1.54, 1.807) is 0 Å². The second-order valence-corrected chi connectivity index (χ2v) is 6.43. The summed E-state index contributed by atoms with van der Waals surface area (Å²) in [5.41, 5.74) is 4.02. The van der Waals surface area contributed by atoms with E-state index in [1.807, 2.05) is 0 Å². The van der Waals surface area contributed by atoms with E-state index in [9.17, 15) is 0 Å². The molecule has 0 aromatic heterocycles. The molecule has 0 amide bonds. The predicted octanol–water partition coefficient (Wildman–Crippen LogP) is 3.84. The van der Waals surface area contributed by atoms with Crippen molar-refractivity contribution < 1.29 is 0 Å². The Morgan fingerprint density at radius 2 is 1.89 bits per heavy atom. The van der Waals surface area contributed by atoms with E-state index >= 15 is 0 Å². The average molecular weight is 260 g/mol. The van der Waals surface area contributed by atoms with Crippen LogP contribution in [-0.2, 0) is 0 Å². The largest absolute Gasteiger partial charge is 0.382 e. The molecule has 0 unspecified atom stereocenters. The molecule has 1 N–H and O–H groups in total. The van der Waals surface area contributed by atoms with Crippen LogP contribution in [0.25, 0.3) is 0 Å². The summed E-state index contributed by atoms with van der Waals surface area (Å²) in [5.74, 6) is 0.781. The van der Waals surface area contributed by atoms with E-state index in [1.165, 1.54) is 49.3 Å². The molecule has 0 radical (unpaired) electrons. The molecule has 1 aromatic carbocycles. The number of anilines is 1. The van der Waals surface area contributed by atoms with Crippen LogP contribution in [-0.4, -0.2) is 30.6 Å². The molecule has 19 heavy (non-hydrogen) atoms. The van der Waals surface area contributed by atoms with Crippen LogP contribution < -0.4 is 5.32 Å². The van der Waals surface area contributed by atoms with Crippen molar-refractivity contribution >= 4 is 5.69 Å². The lowest BCUT2D eigenvalue weighted by atomic mass is 10.0. The van der Waals surface area contributed by atoms with E-state index in [-0.39, 0.29) is 0 Å². The summed E-state index contributed by atoms with van der Waals surface area (Å²) in [5, 5.41) is 3.72. The standard InChI is InChI=1S/C17H28N2/c1-13(2)12-19-9-7-16(8-10-19)18-17-6-5-14(3)11-15(17)4/h5-6,11,13,16,18H,7-10,12H2,1-4H3. The van der Waals surface area contributed by atoms with Gasteiger partial charge in [0.25, 0.3) is 0 Å². The lowest BCUT2D eigenvalue weighted by Crippen LogP contribution is -2.40. The molecular weight excluding hydrogens is 232 g/mol. The van der Waals surface area contributed by atoms with Crippen molar-refractivity contribution in [2.45, 2.75) is 46.6 Å². The Bertz CT molecular complexity index is 404. The van der Waals surface area contributed by atoms with Gasteiger partial charge < -0.3 is 10.2 Å².